The standard InChI is InChI=1S/C16H14N4O7/c1-26-14-8-12(19(22)23)7-13(20(24)25)16(14)27-10-15(21)18-17-9-11-5-3-2-4-6-11/h2-9H,10H2,1H3,(H,18,21)/b17-9-. The van der Waals surface area contributed by atoms with E-state index in [1.165, 1.54) is 13.3 Å². The molecule has 1 N–H and O–H groups in total. The molecule has 0 bridgehead atoms. The predicted molar refractivity (Wildman–Crippen MR) is 94.0 cm³/mol. The Morgan fingerprint density at radius 3 is 2.48 bits per heavy atom. The molecule has 2 aromatic rings. The molecule has 0 fully saturated rings. The van der Waals surface area contributed by atoms with E-state index in [-0.39, 0.29) is 5.75 Å². The molecule has 11 nitrogen and oxygen atoms in total. The molecule has 0 unspecified atom stereocenters. The first-order chi connectivity index (χ1) is 12.9. The number of non-ortho nitro benzene ring substituents is 1. The number of nitrogens with zero attached hydrogens (tertiary/aromatic N) is 3. The third-order valence-electron chi connectivity index (χ3n) is 3.20. The number of amides is 1. The molecule has 2 aromatic carbocycles. The summed E-state index contributed by atoms with van der Waals surface area (Å²) in [6.07, 6.45) is 1.41. The van der Waals surface area contributed by atoms with Gasteiger partial charge >= 0.3 is 5.69 Å². The maximum atomic E-state index is 11.8. The first kappa shape index (κ1) is 19.3. The zero-order valence-electron chi connectivity index (χ0n) is 14.0. The second-order valence-electron chi connectivity index (χ2n) is 5.00. The highest BCUT2D eigenvalue weighted by Crippen LogP contribution is 2.40. The van der Waals surface area contributed by atoms with Crippen LogP contribution in [0.1, 0.15) is 5.56 Å². The van der Waals surface area contributed by atoms with Gasteiger partial charge in [-0.2, -0.15) is 5.10 Å². The lowest BCUT2D eigenvalue weighted by Crippen LogP contribution is -2.25. The van der Waals surface area contributed by atoms with Gasteiger partial charge < -0.3 is 9.47 Å². The maximum Gasteiger partial charge on any atom is 0.321 e. The van der Waals surface area contributed by atoms with Crippen LogP contribution >= 0.6 is 0 Å². The van der Waals surface area contributed by atoms with E-state index >= 15 is 0 Å². The number of hydrogen-bond donors (Lipinski definition) is 1. The number of carbonyl (C=O) groups is 1. The second kappa shape index (κ2) is 8.89. The van der Waals surface area contributed by atoms with Crippen LogP contribution in [0.4, 0.5) is 11.4 Å². The average molecular weight is 374 g/mol. The van der Waals surface area contributed by atoms with Gasteiger partial charge in [-0.15, -0.1) is 0 Å². The summed E-state index contributed by atoms with van der Waals surface area (Å²) >= 11 is 0. The molecule has 140 valence electrons. The van der Waals surface area contributed by atoms with Crippen molar-refractivity contribution in [3.8, 4) is 11.5 Å². The van der Waals surface area contributed by atoms with Crippen molar-refractivity contribution < 1.29 is 24.1 Å². The van der Waals surface area contributed by atoms with Crippen LogP contribution in [0.3, 0.4) is 0 Å². The second-order valence-corrected chi connectivity index (χ2v) is 5.00. The van der Waals surface area contributed by atoms with E-state index in [1.54, 1.807) is 24.3 Å². The molecule has 0 aliphatic carbocycles. The molecule has 1 amide bonds. The Balaban J connectivity index is 2.09. The number of hydrazone groups is 1. The van der Waals surface area contributed by atoms with E-state index in [2.05, 4.69) is 10.5 Å². The van der Waals surface area contributed by atoms with Gasteiger partial charge in [-0.1, -0.05) is 30.3 Å². The highest BCUT2D eigenvalue weighted by Gasteiger charge is 2.27. The minimum atomic E-state index is -0.865. The molecule has 27 heavy (non-hydrogen) atoms. The normalized spacial score (nSPS) is 10.4. The lowest BCUT2D eigenvalue weighted by molar-refractivity contribution is -0.394. The highest BCUT2D eigenvalue weighted by molar-refractivity contribution is 5.83. The van der Waals surface area contributed by atoms with Gasteiger partial charge in [0.15, 0.2) is 12.4 Å². The number of carbonyl (C=O) groups excluding carboxylic acids is 1. The molecule has 11 heteroatoms. The fourth-order valence-electron chi connectivity index (χ4n) is 2.00. The Labute approximate surface area is 152 Å². The largest absolute Gasteiger partial charge is 0.492 e. The Morgan fingerprint density at radius 1 is 1.19 bits per heavy atom. The van der Waals surface area contributed by atoms with Crippen LogP contribution < -0.4 is 14.9 Å². The fourth-order valence-corrected chi connectivity index (χ4v) is 2.00. The lowest BCUT2D eigenvalue weighted by atomic mass is 10.2. The molecule has 0 saturated heterocycles. The molecular formula is C16H14N4O7. The van der Waals surface area contributed by atoms with Crippen molar-refractivity contribution in [1.82, 2.24) is 5.43 Å². The third-order valence-corrected chi connectivity index (χ3v) is 3.20. The lowest BCUT2D eigenvalue weighted by Gasteiger charge is -2.10. The topological polar surface area (TPSA) is 146 Å². The smallest absolute Gasteiger partial charge is 0.321 e. The summed E-state index contributed by atoms with van der Waals surface area (Å²) in [5, 5.41) is 25.8. The van der Waals surface area contributed by atoms with Crippen molar-refractivity contribution in [3.63, 3.8) is 0 Å². The minimum Gasteiger partial charge on any atom is -0.492 e. The van der Waals surface area contributed by atoms with Gasteiger partial charge in [-0.3, -0.25) is 25.0 Å². The van der Waals surface area contributed by atoms with Gasteiger partial charge in [0, 0.05) is 0 Å². The average Bonchev–Trinajstić information content (AvgIpc) is 2.66. The summed E-state index contributed by atoms with van der Waals surface area (Å²) in [6, 6.07) is 10.7. The minimum absolute atomic E-state index is 0.239. The van der Waals surface area contributed by atoms with Crippen molar-refractivity contribution in [2.75, 3.05) is 13.7 Å². The number of rotatable bonds is 8. The first-order valence-electron chi connectivity index (χ1n) is 7.43. The number of ether oxygens (including phenoxy) is 2. The molecule has 0 aliphatic rings. The van der Waals surface area contributed by atoms with Gasteiger partial charge in [0.2, 0.25) is 5.75 Å². The van der Waals surface area contributed by atoms with E-state index in [1.807, 2.05) is 6.07 Å². The third kappa shape index (κ3) is 5.22. The van der Waals surface area contributed by atoms with E-state index in [4.69, 9.17) is 9.47 Å². The van der Waals surface area contributed by atoms with E-state index in [0.29, 0.717) is 0 Å². The summed E-state index contributed by atoms with van der Waals surface area (Å²) in [5.74, 6) is -1.32. The zero-order chi connectivity index (χ0) is 19.8. The monoisotopic (exact) mass is 374 g/mol. The SMILES string of the molecule is COc1cc([N+](=O)[O-])cc([N+](=O)[O-])c1OCC(=O)N/N=C\c1ccccc1. The molecule has 0 radical (unpaired) electrons. The van der Waals surface area contributed by atoms with Crippen LogP contribution in [-0.4, -0.2) is 35.7 Å². The Bertz CT molecular complexity index is 884. The van der Waals surface area contributed by atoms with Crippen molar-refractivity contribution >= 4 is 23.5 Å². The maximum absolute atomic E-state index is 11.8. The Kier molecular flexibility index (Phi) is 6.36. The summed E-state index contributed by atoms with van der Waals surface area (Å²) in [5.41, 5.74) is 1.73. The fraction of sp³-hybridized carbons (Fsp3) is 0.125. The number of nitro benzene ring substituents is 2. The van der Waals surface area contributed by atoms with Crippen molar-refractivity contribution in [2.24, 2.45) is 5.10 Å². The molecule has 0 aromatic heterocycles. The summed E-state index contributed by atoms with van der Waals surface area (Å²) < 4.78 is 10.0. The molecule has 0 spiro atoms. The van der Waals surface area contributed by atoms with Gasteiger partial charge in [0.1, 0.15) is 0 Å². The van der Waals surface area contributed by atoms with Gasteiger partial charge in [0.05, 0.1) is 35.3 Å². The first-order valence-corrected chi connectivity index (χ1v) is 7.43. The number of methoxy groups -OCH3 is 1. The highest BCUT2D eigenvalue weighted by atomic mass is 16.6. The van der Waals surface area contributed by atoms with Crippen molar-refractivity contribution in [1.29, 1.82) is 0 Å². The van der Waals surface area contributed by atoms with Crippen LogP contribution in [-0.2, 0) is 4.79 Å². The van der Waals surface area contributed by atoms with Crippen LogP contribution in [0.25, 0.3) is 0 Å². The van der Waals surface area contributed by atoms with Crippen LogP contribution in [0.5, 0.6) is 11.5 Å². The molecule has 2 rings (SSSR count). The molecule has 0 atom stereocenters. The molecular weight excluding hydrogens is 360 g/mol. The zero-order valence-corrected chi connectivity index (χ0v) is 14.0. The Morgan fingerprint density at radius 2 is 1.89 bits per heavy atom. The molecule has 0 aliphatic heterocycles. The summed E-state index contributed by atoms with van der Waals surface area (Å²) in [7, 11) is 1.17. The van der Waals surface area contributed by atoms with E-state index < -0.39 is 39.5 Å². The van der Waals surface area contributed by atoms with E-state index in [0.717, 1.165) is 17.7 Å². The molecule has 0 saturated carbocycles. The van der Waals surface area contributed by atoms with E-state index in [9.17, 15) is 25.0 Å². The van der Waals surface area contributed by atoms with Crippen LogP contribution in [0.2, 0.25) is 0 Å². The number of nitrogens with one attached hydrogen (secondary N) is 1. The summed E-state index contributed by atoms with van der Waals surface area (Å²) in [4.78, 5) is 32.2. The van der Waals surface area contributed by atoms with Crippen LogP contribution in [0.15, 0.2) is 47.6 Å². The van der Waals surface area contributed by atoms with Gasteiger partial charge in [0.25, 0.3) is 11.6 Å². The van der Waals surface area contributed by atoms with Crippen molar-refractivity contribution in [3.05, 3.63) is 68.3 Å². The number of hydrogen-bond acceptors (Lipinski definition) is 8. The quantitative estimate of drug-likeness (QED) is 0.422. The number of benzene rings is 2. The Hall–Kier alpha value is -4.02. The predicted octanol–water partition coefficient (Wildman–Crippen LogP) is 2.04. The van der Waals surface area contributed by atoms with Crippen LogP contribution in [0, 0.1) is 20.2 Å². The number of nitro groups is 2. The molecule has 0 heterocycles. The van der Waals surface area contributed by atoms with Crippen molar-refractivity contribution in [2.45, 2.75) is 0 Å². The van der Waals surface area contributed by atoms with Gasteiger partial charge in [-0.25, -0.2) is 5.43 Å². The van der Waals surface area contributed by atoms with Gasteiger partial charge in [-0.05, 0) is 5.56 Å². The summed E-state index contributed by atoms with van der Waals surface area (Å²) in [6.45, 7) is -0.610.